The third-order valence-electron chi connectivity index (χ3n) is 3.60. The van der Waals surface area contributed by atoms with E-state index in [0.29, 0.717) is 30.6 Å². The van der Waals surface area contributed by atoms with Gasteiger partial charge in [-0.2, -0.15) is 4.98 Å². The summed E-state index contributed by atoms with van der Waals surface area (Å²) >= 11 is 0. The first-order chi connectivity index (χ1) is 9.93. The lowest BCUT2D eigenvalue weighted by Gasteiger charge is -2.28. The second kappa shape index (κ2) is 5.27. The molecule has 0 bridgehead atoms. The molecule has 1 atom stereocenters. The van der Waals surface area contributed by atoms with Crippen LogP contribution in [0.3, 0.4) is 0 Å². The Bertz CT molecular complexity index is 734. The van der Waals surface area contributed by atoms with Crippen LogP contribution >= 0.6 is 0 Å². The quantitative estimate of drug-likeness (QED) is 0.858. The second-order valence-electron chi connectivity index (χ2n) is 5.33. The third kappa shape index (κ3) is 3.01. The van der Waals surface area contributed by atoms with E-state index in [1.54, 1.807) is 6.07 Å². The van der Waals surface area contributed by atoms with Crippen molar-refractivity contribution in [1.82, 2.24) is 14.4 Å². The van der Waals surface area contributed by atoms with E-state index in [-0.39, 0.29) is 5.92 Å². The maximum Gasteiger partial charge on any atom is 0.238 e. The monoisotopic (exact) mass is 311 g/mol. The number of furan rings is 1. The van der Waals surface area contributed by atoms with Crippen LogP contribution in [0.1, 0.15) is 30.4 Å². The van der Waals surface area contributed by atoms with Gasteiger partial charge in [-0.15, -0.1) is 0 Å². The van der Waals surface area contributed by atoms with Crippen molar-refractivity contribution in [2.45, 2.75) is 25.7 Å². The van der Waals surface area contributed by atoms with E-state index in [1.165, 1.54) is 10.6 Å². The van der Waals surface area contributed by atoms with Gasteiger partial charge in [-0.1, -0.05) is 5.16 Å². The van der Waals surface area contributed by atoms with Gasteiger partial charge >= 0.3 is 0 Å². The SMILES string of the molecule is Cc1ccc(-c2noc(C3CCCN(S(C)(=O)=O)C3)n2)o1. The molecule has 0 spiro atoms. The largest absolute Gasteiger partial charge is 0.458 e. The predicted molar refractivity (Wildman–Crippen MR) is 75.1 cm³/mol. The molecular weight excluding hydrogens is 294 g/mol. The van der Waals surface area contributed by atoms with E-state index < -0.39 is 10.0 Å². The number of rotatable bonds is 3. The molecule has 1 unspecified atom stereocenters. The Labute approximate surface area is 123 Å². The van der Waals surface area contributed by atoms with E-state index in [0.717, 1.165) is 18.6 Å². The fourth-order valence-corrected chi connectivity index (χ4v) is 3.41. The molecule has 0 saturated carbocycles. The average molecular weight is 311 g/mol. The summed E-state index contributed by atoms with van der Waals surface area (Å²) in [5.41, 5.74) is 0. The number of piperidine rings is 1. The third-order valence-corrected chi connectivity index (χ3v) is 4.87. The molecule has 1 aliphatic rings. The average Bonchev–Trinajstić information content (AvgIpc) is 3.06. The zero-order valence-electron chi connectivity index (χ0n) is 11.9. The molecule has 0 aromatic carbocycles. The topological polar surface area (TPSA) is 89.4 Å². The Morgan fingerprint density at radius 3 is 2.86 bits per heavy atom. The van der Waals surface area contributed by atoms with E-state index in [4.69, 9.17) is 8.94 Å². The van der Waals surface area contributed by atoms with Crippen molar-refractivity contribution in [2.24, 2.45) is 0 Å². The minimum atomic E-state index is -3.18. The van der Waals surface area contributed by atoms with Gasteiger partial charge < -0.3 is 8.94 Å². The predicted octanol–water partition coefficient (Wildman–Crippen LogP) is 1.78. The molecular formula is C13H17N3O4S. The molecule has 0 aliphatic carbocycles. The number of sulfonamides is 1. The van der Waals surface area contributed by atoms with E-state index >= 15 is 0 Å². The van der Waals surface area contributed by atoms with Crippen molar-refractivity contribution < 1.29 is 17.4 Å². The highest BCUT2D eigenvalue weighted by Crippen LogP contribution is 2.28. The Balaban J connectivity index is 1.80. The van der Waals surface area contributed by atoms with Gasteiger partial charge in [0.15, 0.2) is 5.76 Å². The first-order valence-corrected chi connectivity index (χ1v) is 8.64. The van der Waals surface area contributed by atoms with E-state index in [9.17, 15) is 8.42 Å². The van der Waals surface area contributed by atoms with Crippen molar-refractivity contribution in [3.05, 3.63) is 23.8 Å². The molecule has 0 radical (unpaired) electrons. The molecule has 21 heavy (non-hydrogen) atoms. The Kier molecular flexibility index (Phi) is 3.58. The summed E-state index contributed by atoms with van der Waals surface area (Å²) < 4.78 is 35.5. The zero-order valence-corrected chi connectivity index (χ0v) is 12.8. The van der Waals surface area contributed by atoms with Crippen LogP contribution in [-0.2, 0) is 10.0 Å². The van der Waals surface area contributed by atoms with Crippen LogP contribution in [0.15, 0.2) is 21.1 Å². The van der Waals surface area contributed by atoms with Gasteiger partial charge in [0, 0.05) is 13.1 Å². The highest BCUT2D eigenvalue weighted by Gasteiger charge is 2.30. The Morgan fingerprint density at radius 1 is 1.38 bits per heavy atom. The zero-order chi connectivity index (χ0) is 15.0. The van der Waals surface area contributed by atoms with Gasteiger partial charge in [0.2, 0.25) is 21.7 Å². The molecule has 1 saturated heterocycles. The van der Waals surface area contributed by atoms with Crippen LogP contribution in [0.4, 0.5) is 0 Å². The van der Waals surface area contributed by atoms with Crippen LogP contribution in [-0.4, -0.2) is 42.2 Å². The van der Waals surface area contributed by atoms with Crippen LogP contribution in [0.5, 0.6) is 0 Å². The second-order valence-corrected chi connectivity index (χ2v) is 7.31. The highest BCUT2D eigenvalue weighted by atomic mass is 32.2. The van der Waals surface area contributed by atoms with Crippen LogP contribution < -0.4 is 0 Å². The van der Waals surface area contributed by atoms with Gasteiger partial charge in [-0.05, 0) is 31.9 Å². The number of aromatic nitrogens is 2. The number of hydrogen-bond acceptors (Lipinski definition) is 6. The molecule has 114 valence electrons. The van der Waals surface area contributed by atoms with E-state index in [1.807, 2.05) is 13.0 Å². The lowest BCUT2D eigenvalue weighted by molar-refractivity contribution is 0.266. The molecule has 8 heteroatoms. The standard InChI is InChI=1S/C13H17N3O4S/c1-9-5-6-11(19-9)12-14-13(20-15-12)10-4-3-7-16(8-10)21(2,17)18/h5-6,10H,3-4,7-8H2,1-2H3. The summed E-state index contributed by atoms with van der Waals surface area (Å²) in [5, 5.41) is 3.91. The van der Waals surface area contributed by atoms with Crippen molar-refractivity contribution in [3.8, 4) is 11.6 Å². The maximum atomic E-state index is 11.6. The van der Waals surface area contributed by atoms with Gasteiger partial charge in [0.25, 0.3) is 0 Å². The fourth-order valence-electron chi connectivity index (χ4n) is 2.50. The van der Waals surface area contributed by atoms with Gasteiger partial charge in [0.1, 0.15) is 5.76 Å². The molecule has 3 rings (SSSR count). The number of aryl methyl sites for hydroxylation is 1. The van der Waals surface area contributed by atoms with Gasteiger partial charge in [-0.3, -0.25) is 0 Å². The van der Waals surface area contributed by atoms with Crippen molar-refractivity contribution in [1.29, 1.82) is 0 Å². The molecule has 1 fully saturated rings. The van der Waals surface area contributed by atoms with Gasteiger partial charge in [0.05, 0.1) is 12.2 Å². The van der Waals surface area contributed by atoms with E-state index in [2.05, 4.69) is 10.1 Å². The van der Waals surface area contributed by atoms with Crippen LogP contribution in [0.25, 0.3) is 11.6 Å². The summed E-state index contributed by atoms with van der Waals surface area (Å²) in [6.07, 6.45) is 2.85. The first-order valence-electron chi connectivity index (χ1n) is 6.79. The molecule has 1 aliphatic heterocycles. The summed E-state index contributed by atoms with van der Waals surface area (Å²) in [4.78, 5) is 4.34. The Hall–Kier alpha value is -1.67. The Morgan fingerprint density at radius 2 is 2.19 bits per heavy atom. The minimum absolute atomic E-state index is 0.0641. The minimum Gasteiger partial charge on any atom is -0.458 e. The molecule has 0 amide bonds. The van der Waals surface area contributed by atoms with Crippen molar-refractivity contribution in [3.63, 3.8) is 0 Å². The van der Waals surface area contributed by atoms with Crippen molar-refractivity contribution >= 4 is 10.0 Å². The molecule has 3 heterocycles. The lowest BCUT2D eigenvalue weighted by atomic mass is 10.00. The first kappa shape index (κ1) is 14.3. The van der Waals surface area contributed by atoms with Crippen LogP contribution in [0, 0.1) is 6.92 Å². The van der Waals surface area contributed by atoms with Crippen molar-refractivity contribution in [2.75, 3.05) is 19.3 Å². The maximum absolute atomic E-state index is 11.6. The molecule has 2 aromatic heterocycles. The summed E-state index contributed by atoms with van der Waals surface area (Å²) in [6, 6.07) is 3.62. The van der Waals surface area contributed by atoms with Gasteiger partial charge in [-0.25, -0.2) is 12.7 Å². The molecule has 0 N–H and O–H groups in total. The lowest BCUT2D eigenvalue weighted by Crippen LogP contribution is -2.38. The summed E-state index contributed by atoms with van der Waals surface area (Å²) in [5.74, 6) is 2.13. The van der Waals surface area contributed by atoms with Crippen LogP contribution in [0.2, 0.25) is 0 Å². The summed E-state index contributed by atoms with van der Waals surface area (Å²) in [6.45, 7) is 2.78. The number of hydrogen-bond donors (Lipinski definition) is 0. The summed E-state index contributed by atoms with van der Waals surface area (Å²) in [7, 11) is -3.18. The molecule has 7 nitrogen and oxygen atoms in total. The molecule has 2 aromatic rings. The normalized spacial score (nSPS) is 20.8. The highest BCUT2D eigenvalue weighted by molar-refractivity contribution is 7.88. The fraction of sp³-hybridized carbons (Fsp3) is 0.538. The number of nitrogens with zero attached hydrogens (tertiary/aromatic N) is 3. The smallest absolute Gasteiger partial charge is 0.238 e.